The van der Waals surface area contributed by atoms with Gasteiger partial charge in [0.2, 0.25) is 0 Å². The molecule has 2 heteroatoms. The molecule has 0 aliphatic heterocycles. The van der Waals surface area contributed by atoms with E-state index in [0.717, 1.165) is 17.6 Å². The summed E-state index contributed by atoms with van der Waals surface area (Å²) in [4.78, 5) is 0.430. The number of ether oxygens (including phenoxy) is 1. The maximum absolute atomic E-state index is 5.50. The topological polar surface area (TPSA) is 9.23 Å². The number of aryl methyl sites for hydroxylation is 1. The fourth-order valence-corrected chi connectivity index (χ4v) is 3.79. The van der Waals surface area contributed by atoms with Gasteiger partial charge in [0.15, 0.2) is 0 Å². The molecule has 1 aromatic rings. The molecule has 0 spiro atoms. The Balaban J connectivity index is 2.17. The lowest BCUT2D eigenvalue weighted by Gasteiger charge is -2.30. The predicted octanol–water partition coefficient (Wildman–Crippen LogP) is 5.27. The molecule has 18 heavy (non-hydrogen) atoms. The molecule has 0 amide bonds. The van der Waals surface area contributed by atoms with E-state index in [4.69, 9.17) is 4.74 Å². The van der Waals surface area contributed by atoms with Gasteiger partial charge >= 0.3 is 0 Å². The number of hydrogen-bond acceptors (Lipinski definition) is 1. The first-order valence-corrected chi connectivity index (χ1v) is 7.82. The molecule has 1 aliphatic rings. The van der Waals surface area contributed by atoms with Crippen molar-refractivity contribution in [2.45, 2.75) is 44.4 Å². The first-order valence-electron chi connectivity index (χ1n) is 6.90. The molecule has 100 valence electrons. The second-order valence-electron chi connectivity index (χ2n) is 5.67. The Kier molecular flexibility index (Phi) is 4.71. The molecule has 0 aromatic heterocycles. The Morgan fingerprint density at radius 2 is 1.89 bits per heavy atom. The minimum absolute atomic E-state index is 0.430. The molecule has 0 heterocycles. The number of rotatable bonds is 3. The summed E-state index contributed by atoms with van der Waals surface area (Å²) >= 11 is 3.91. The lowest BCUT2D eigenvalue weighted by molar-refractivity contribution is 0.285. The maximum Gasteiger partial charge on any atom is 0.123 e. The molecule has 1 fully saturated rings. The quantitative estimate of drug-likeness (QED) is 0.691. The van der Waals surface area contributed by atoms with Gasteiger partial charge in [-0.1, -0.05) is 53.4 Å². The average Bonchev–Trinajstić information content (AvgIpc) is 2.39. The van der Waals surface area contributed by atoms with Crippen molar-refractivity contribution in [3.05, 3.63) is 29.3 Å². The third-order valence-corrected chi connectivity index (χ3v) is 5.40. The van der Waals surface area contributed by atoms with E-state index < -0.39 is 0 Å². The Labute approximate surface area is 119 Å². The largest absolute Gasteiger partial charge is 0.496 e. The summed E-state index contributed by atoms with van der Waals surface area (Å²) in [6, 6.07) is 6.46. The monoisotopic (exact) mass is 310 g/mol. The third kappa shape index (κ3) is 3.09. The zero-order valence-corrected chi connectivity index (χ0v) is 13.2. The van der Waals surface area contributed by atoms with Crippen LogP contribution in [0.4, 0.5) is 0 Å². The summed E-state index contributed by atoms with van der Waals surface area (Å²) in [5.41, 5.74) is 2.62. The summed E-state index contributed by atoms with van der Waals surface area (Å²) in [6.07, 6.45) is 5.38. The number of alkyl halides is 1. The van der Waals surface area contributed by atoms with Crippen LogP contribution in [0.25, 0.3) is 0 Å². The van der Waals surface area contributed by atoms with E-state index in [1.807, 2.05) is 0 Å². The van der Waals surface area contributed by atoms with Crippen LogP contribution in [0.2, 0.25) is 0 Å². The SMILES string of the molecule is COc1ccc(C)cc1C(Br)C1CCC(C)CC1. The zero-order valence-electron chi connectivity index (χ0n) is 11.6. The summed E-state index contributed by atoms with van der Waals surface area (Å²) in [7, 11) is 1.76. The van der Waals surface area contributed by atoms with E-state index in [2.05, 4.69) is 48.0 Å². The molecule has 1 atom stereocenters. The molecule has 0 N–H and O–H groups in total. The van der Waals surface area contributed by atoms with E-state index in [1.54, 1.807) is 7.11 Å². The van der Waals surface area contributed by atoms with E-state index >= 15 is 0 Å². The molecule has 0 saturated heterocycles. The zero-order chi connectivity index (χ0) is 13.1. The van der Waals surface area contributed by atoms with Crippen molar-refractivity contribution < 1.29 is 4.74 Å². The van der Waals surface area contributed by atoms with Gasteiger partial charge in [-0.25, -0.2) is 0 Å². The summed E-state index contributed by atoms with van der Waals surface area (Å²) < 4.78 is 5.50. The molecule has 0 radical (unpaired) electrons. The highest BCUT2D eigenvalue weighted by molar-refractivity contribution is 9.09. The maximum atomic E-state index is 5.50. The highest BCUT2D eigenvalue weighted by Crippen LogP contribution is 2.44. The van der Waals surface area contributed by atoms with Gasteiger partial charge < -0.3 is 4.74 Å². The van der Waals surface area contributed by atoms with Crippen LogP contribution in [0.5, 0.6) is 5.75 Å². The van der Waals surface area contributed by atoms with Gasteiger partial charge in [-0.2, -0.15) is 0 Å². The highest BCUT2D eigenvalue weighted by Gasteiger charge is 2.27. The second-order valence-corrected chi connectivity index (χ2v) is 6.65. The van der Waals surface area contributed by atoms with Crippen molar-refractivity contribution in [2.75, 3.05) is 7.11 Å². The molecule has 1 unspecified atom stereocenters. The lowest BCUT2D eigenvalue weighted by atomic mass is 9.80. The highest BCUT2D eigenvalue weighted by atomic mass is 79.9. The van der Waals surface area contributed by atoms with E-state index in [1.165, 1.54) is 36.8 Å². The minimum Gasteiger partial charge on any atom is -0.496 e. The van der Waals surface area contributed by atoms with Crippen LogP contribution in [0.3, 0.4) is 0 Å². The Morgan fingerprint density at radius 3 is 2.50 bits per heavy atom. The number of halogens is 1. The molecule has 1 aromatic carbocycles. The van der Waals surface area contributed by atoms with Crippen LogP contribution in [-0.4, -0.2) is 7.11 Å². The van der Waals surface area contributed by atoms with Crippen molar-refractivity contribution >= 4 is 15.9 Å². The molecule has 1 nitrogen and oxygen atoms in total. The smallest absolute Gasteiger partial charge is 0.123 e. The van der Waals surface area contributed by atoms with Gasteiger partial charge in [-0.3, -0.25) is 0 Å². The first kappa shape index (κ1) is 13.9. The van der Waals surface area contributed by atoms with Crippen molar-refractivity contribution in [1.29, 1.82) is 0 Å². The molecular weight excluding hydrogens is 288 g/mol. The standard InChI is InChI=1S/C16H23BrO/c1-11-4-7-13(8-5-11)16(17)14-10-12(2)6-9-15(14)18-3/h6,9-11,13,16H,4-5,7-8H2,1-3H3. The van der Waals surface area contributed by atoms with Gasteiger partial charge in [0.05, 0.1) is 7.11 Å². The van der Waals surface area contributed by atoms with Gasteiger partial charge in [-0.15, -0.1) is 0 Å². The Hall–Kier alpha value is -0.500. The van der Waals surface area contributed by atoms with Crippen LogP contribution in [0, 0.1) is 18.8 Å². The number of hydrogen-bond donors (Lipinski definition) is 0. The van der Waals surface area contributed by atoms with Gasteiger partial charge in [0.25, 0.3) is 0 Å². The summed E-state index contributed by atoms with van der Waals surface area (Å²) in [5, 5.41) is 0. The van der Waals surface area contributed by atoms with E-state index in [-0.39, 0.29) is 0 Å². The molecule has 1 saturated carbocycles. The fraction of sp³-hybridized carbons (Fsp3) is 0.625. The van der Waals surface area contributed by atoms with Gasteiger partial charge in [-0.05, 0) is 37.7 Å². The van der Waals surface area contributed by atoms with Gasteiger partial charge in [0.1, 0.15) is 5.75 Å². The van der Waals surface area contributed by atoms with Crippen LogP contribution >= 0.6 is 15.9 Å². The normalized spacial score (nSPS) is 25.8. The van der Waals surface area contributed by atoms with Crippen molar-refractivity contribution in [2.24, 2.45) is 11.8 Å². The van der Waals surface area contributed by atoms with Crippen LogP contribution in [-0.2, 0) is 0 Å². The van der Waals surface area contributed by atoms with E-state index in [9.17, 15) is 0 Å². The minimum atomic E-state index is 0.430. The Bertz CT molecular complexity index is 394. The lowest BCUT2D eigenvalue weighted by Crippen LogP contribution is -2.16. The Morgan fingerprint density at radius 1 is 1.22 bits per heavy atom. The van der Waals surface area contributed by atoms with Gasteiger partial charge in [0, 0.05) is 10.4 Å². The van der Waals surface area contributed by atoms with Crippen molar-refractivity contribution in [3.8, 4) is 5.75 Å². The van der Waals surface area contributed by atoms with Crippen molar-refractivity contribution in [3.63, 3.8) is 0 Å². The van der Waals surface area contributed by atoms with Crippen LogP contribution < -0.4 is 4.74 Å². The molecule has 0 bridgehead atoms. The molecular formula is C16H23BrO. The molecule has 2 rings (SSSR count). The number of benzene rings is 1. The molecule has 1 aliphatic carbocycles. The number of methoxy groups -OCH3 is 1. The van der Waals surface area contributed by atoms with Crippen LogP contribution in [0.15, 0.2) is 18.2 Å². The third-order valence-electron chi connectivity index (χ3n) is 4.16. The van der Waals surface area contributed by atoms with Crippen molar-refractivity contribution in [1.82, 2.24) is 0 Å². The van der Waals surface area contributed by atoms with Crippen LogP contribution in [0.1, 0.15) is 48.6 Å². The average molecular weight is 311 g/mol. The predicted molar refractivity (Wildman–Crippen MR) is 80.5 cm³/mol. The summed E-state index contributed by atoms with van der Waals surface area (Å²) in [6.45, 7) is 4.51. The fourth-order valence-electron chi connectivity index (χ4n) is 2.90. The van der Waals surface area contributed by atoms with E-state index in [0.29, 0.717) is 4.83 Å². The second kappa shape index (κ2) is 6.10. The first-order chi connectivity index (χ1) is 8.61. The summed E-state index contributed by atoms with van der Waals surface area (Å²) in [5.74, 6) is 2.67.